The van der Waals surface area contributed by atoms with E-state index in [1.165, 1.54) is 7.05 Å². The maximum atomic E-state index is 11.3. The third kappa shape index (κ3) is 4.47. The summed E-state index contributed by atoms with van der Waals surface area (Å²) in [5.41, 5.74) is 5.21. The molecule has 0 saturated carbocycles. The number of nitrogens with one attached hydrogen (secondary N) is 2. The van der Waals surface area contributed by atoms with Crippen LogP contribution in [0, 0.1) is 6.92 Å². The van der Waals surface area contributed by atoms with Crippen LogP contribution in [0.1, 0.15) is 11.1 Å². The van der Waals surface area contributed by atoms with E-state index in [-0.39, 0.29) is 6.61 Å². The first kappa shape index (κ1) is 23.0. The predicted molar refractivity (Wildman–Crippen MR) is 133 cm³/mol. The molecule has 0 spiro atoms. The second-order valence-electron chi connectivity index (χ2n) is 7.70. The number of carbonyl (C=O) groups is 1. The summed E-state index contributed by atoms with van der Waals surface area (Å²) in [6.45, 7) is 2.18. The highest BCUT2D eigenvalue weighted by Crippen LogP contribution is 2.40. The fraction of sp³-hybridized carbons (Fsp3) is 0.231. The van der Waals surface area contributed by atoms with Crippen LogP contribution in [0.4, 0.5) is 16.2 Å². The van der Waals surface area contributed by atoms with Gasteiger partial charge in [-0.15, -0.1) is 0 Å². The molecule has 176 valence electrons. The summed E-state index contributed by atoms with van der Waals surface area (Å²) < 4.78 is 21.7. The van der Waals surface area contributed by atoms with Crippen LogP contribution in [0.15, 0.2) is 48.5 Å². The third-order valence-electron chi connectivity index (χ3n) is 5.59. The molecule has 8 heteroatoms. The molecule has 0 unspecified atom stereocenters. The van der Waals surface area contributed by atoms with Crippen molar-refractivity contribution in [3.63, 3.8) is 0 Å². The van der Waals surface area contributed by atoms with E-state index in [4.69, 9.17) is 23.9 Å². The van der Waals surface area contributed by atoms with Crippen molar-refractivity contribution >= 4 is 39.3 Å². The number of benzene rings is 3. The van der Waals surface area contributed by atoms with Gasteiger partial charge in [-0.25, -0.2) is 9.78 Å². The second kappa shape index (κ2) is 9.74. The minimum Gasteiger partial charge on any atom is -0.496 e. The number of carbonyl (C=O) groups excluding carboxylic acids is 1. The number of alkyl carbamates (subject to hydrolysis) is 1. The van der Waals surface area contributed by atoms with Crippen molar-refractivity contribution in [2.75, 3.05) is 33.7 Å². The molecule has 0 fully saturated rings. The number of aryl methyl sites for hydroxylation is 1. The topological polar surface area (TPSA) is 90.9 Å². The first-order chi connectivity index (χ1) is 16.5. The lowest BCUT2D eigenvalue weighted by molar-refractivity contribution is 0.142. The fourth-order valence-electron chi connectivity index (χ4n) is 3.81. The molecule has 4 rings (SSSR count). The van der Waals surface area contributed by atoms with E-state index in [0.717, 1.165) is 50.1 Å². The lowest BCUT2D eigenvalue weighted by Gasteiger charge is -2.17. The summed E-state index contributed by atoms with van der Waals surface area (Å²) in [5.74, 6) is 2.00. The number of ether oxygens (including phenoxy) is 4. The standard InChI is InChI=1S/C26H27N3O5/c1-15-10-20-18(11-22(15)31-3)25(19-12-23(32-4)24(33-5)13-21(19)29-20)28-17-8-6-16(7-9-17)14-34-26(30)27-2/h6-13H,14H2,1-5H3,(H,27,30)(H,28,29). The number of methoxy groups -OCH3 is 3. The van der Waals surface area contributed by atoms with E-state index < -0.39 is 6.09 Å². The van der Waals surface area contributed by atoms with Crippen LogP contribution < -0.4 is 24.8 Å². The quantitative estimate of drug-likeness (QED) is 0.360. The summed E-state index contributed by atoms with van der Waals surface area (Å²) in [5, 5.41) is 7.77. The zero-order chi connectivity index (χ0) is 24.2. The van der Waals surface area contributed by atoms with Crippen LogP contribution in [0.3, 0.4) is 0 Å². The Hall–Kier alpha value is -4.20. The first-order valence-electron chi connectivity index (χ1n) is 10.7. The van der Waals surface area contributed by atoms with Crippen molar-refractivity contribution in [1.82, 2.24) is 10.3 Å². The molecular formula is C26H27N3O5. The predicted octanol–water partition coefficient (Wildman–Crippen LogP) is 5.32. The van der Waals surface area contributed by atoms with Crippen LogP contribution in [0.2, 0.25) is 0 Å². The summed E-state index contributed by atoms with van der Waals surface area (Å²) in [4.78, 5) is 16.2. The number of amides is 1. The molecule has 0 radical (unpaired) electrons. The van der Waals surface area contributed by atoms with Crippen LogP contribution >= 0.6 is 0 Å². The van der Waals surface area contributed by atoms with Gasteiger partial charge in [0.05, 0.1) is 38.1 Å². The zero-order valence-corrected chi connectivity index (χ0v) is 19.8. The van der Waals surface area contributed by atoms with E-state index in [1.54, 1.807) is 21.3 Å². The smallest absolute Gasteiger partial charge is 0.407 e. The van der Waals surface area contributed by atoms with E-state index >= 15 is 0 Å². The summed E-state index contributed by atoms with van der Waals surface area (Å²) in [7, 11) is 6.40. The number of hydrogen-bond acceptors (Lipinski definition) is 7. The molecule has 0 aliphatic heterocycles. The monoisotopic (exact) mass is 461 g/mol. The fourth-order valence-corrected chi connectivity index (χ4v) is 3.81. The maximum absolute atomic E-state index is 11.3. The Labute approximate surface area is 197 Å². The molecule has 1 amide bonds. The summed E-state index contributed by atoms with van der Waals surface area (Å²) in [6, 6.07) is 15.5. The number of aromatic nitrogens is 1. The van der Waals surface area contributed by atoms with Crippen molar-refractivity contribution in [2.45, 2.75) is 13.5 Å². The minimum absolute atomic E-state index is 0.189. The van der Waals surface area contributed by atoms with Gasteiger partial charge in [-0.2, -0.15) is 0 Å². The average molecular weight is 462 g/mol. The highest BCUT2D eigenvalue weighted by Gasteiger charge is 2.16. The molecule has 0 aliphatic carbocycles. The SMILES string of the molecule is CNC(=O)OCc1ccc(Nc2c3cc(OC)c(C)cc3nc3cc(OC)c(OC)cc23)cc1. The van der Waals surface area contributed by atoms with Crippen molar-refractivity contribution in [3.8, 4) is 17.2 Å². The number of pyridine rings is 1. The van der Waals surface area contributed by atoms with Gasteiger partial charge < -0.3 is 29.6 Å². The van der Waals surface area contributed by atoms with Crippen LogP contribution in [0.5, 0.6) is 17.2 Å². The summed E-state index contributed by atoms with van der Waals surface area (Å²) >= 11 is 0. The minimum atomic E-state index is -0.467. The molecule has 4 aromatic rings. The van der Waals surface area contributed by atoms with Gasteiger partial charge in [0.15, 0.2) is 11.5 Å². The van der Waals surface area contributed by atoms with E-state index in [0.29, 0.717) is 11.5 Å². The van der Waals surface area contributed by atoms with Gasteiger partial charge in [-0.05, 0) is 48.4 Å². The van der Waals surface area contributed by atoms with Crippen molar-refractivity contribution in [2.24, 2.45) is 0 Å². The Balaban J connectivity index is 1.83. The van der Waals surface area contributed by atoms with Gasteiger partial charge in [0.25, 0.3) is 0 Å². The van der Waals surface area contributed by atoms with Gasteiger partial charge in [0, 0.05) is 29.6 Å². The van der Waals surface area contributed by atoms with Gasteiger partial charge >= 0.3 is 6.09 Å². The Bertz CT molecular complexity index is 1350. The molecule has 1 heterocycles. The maximum Gasteiger partial charge on any atom is 0.407 e. The van der Waals surface area contributed by atoms with Crippen molar-refractivity contribution < 1.29 is 23.7 Å². The van der Waals surface area contributed by atoms with E-state index in [1.807, 2.05) is 55.5 Å². The molecular weight excluding hydrogens is 434 g/mol. The summed E-state index contributed by atoms with van der Waals surface area (Å²) in [6.07, 6.45) is -0.467. The molecule has 8 nitrogen and oxygen atoms in total. The van der Waals surface area contributed by atoms with Crippen LogP contribution in [0.25, 0.3) is 21.8 Å². The lowest BCUT2D eigenvalue weighted by Crippen LogP contribution is -2.18. The molecule has 0 atom stereocenters. The highest BCUT2D eigenvalue weighted by molar-refractivity contribution is 6.10. The second-order valence-corrected chi connectivity index (χ2v) is 7.70. The van der Waals surface area contributed by atoms with Gasteiger partial charge in [0.2, 0.25) is 0 Å². The van der Waals surface area contributed by atoms with E-state index in [2.05, 4.69) is 10.6 Å². The Morgan fingerprint density at radius 1 is 0.853 bits per heavy atom. The number of hydrogen-bond donors (Lipinski definition) is 2. The van der Waals surface area contributed by atoms with E-state index in [9.17, 15) is 4.79 Å². The normalized spacial score (nSPS) is 10.7. The van der Waals surface area contributed by atoms with Crippen LogP contribution in [-0.4, -0.2) is 39.5 Å². The number of anilines is 2. The molecule has 0 aliphatic rings. The Kier molecular flexibility index (Phi) is 6.58. The zero-order valence-electron chi connectivity index (χ0n) is 19.8. The van der Waals surface area contributed by atoms with Crippen molar-refractivity contribution in [3.05, 3.63) is 59.7 Å². The average Bonchev–Trinajstić information content (AvgIpc) is 2.86. The van der Waals surface area contributed by atoms with Gasteiger partial charge in [-0.3, -0.25) is 0 Å². The number of rotatable bonds is 7. The Morgan fingerprint density at radius 2 is 1.44 bits per heavy atom. The lowest BCUT2D eigenvalue weighted by atomic mass is 10.0. The first-order valence-corrected chi connectivity index (χ1v) is 10.7. The number of nitrogens with zero attached hydrogens (tertiary/aromatic N) is 1. The molecule has 2 N–H and O–H groups in total. The molecule has 0 bridgehead atoms. The van der Waals surface area contributed by atoms with Gasteiger partial charge in [-0.1, -0.05) is 12.1 Å². The molecule has 0 saturated heterocycles. The Morgan fingerprint density at radius 3 is 2.06 bits per heavy atom. The molecule has 1 aromatic heterocycles. The van der Waals surface area contributed by atoms with Crippen molar-refractivity contribution in [1.29, 1.82) is 0 Å². The third-order valence-corrected chi connectivity index (χ3v) is 5.59. The van der Waals surface area contributed by atoms with Crippen LogP contribution in [-0.2, 0) is 11.3 Å². The highest BCUT2D eigenvalue weighted by atomic mass is 16.5. The largest absolute Gasteiger partial charge is 0.496 e. The van der Waals surface area contributed by atoms with Gasteiger partial charge in [0.1, 0.15) is 12.4 Å². The molecule has 3 aromatic carbocycles. The number of fused-ring (bicyclic) bond motifs is 2. The molecule has 34 heavy (non-hydrogen) atoms.